The van der Waals surface area contributed by atoms with Gasteiger partial charge in [0.1, 0.15) is 18.9 Å². The van der Waals surface area contributed by atoms with Crippen molar-refractivity contribution in [2.75, 3.05) is 19.7 Å². The minimum absolute atomic E-state index is 0.266. The van der Waals surface area contributed by atoms with Crippen LogP contribution in [0.1, 0.15) is 32.1 Å². The van der Waals surface area contributed by atoms with Crippen molar-refractivity contribution in [2.45, 2.75) is 38.2 Å². The Morgan fingerprint density at radius 1 is 1.50 bits per heavy atom. The van der Waals surface area contributed by atoms with Crippen LogP contribution < -0.4 is 10.1 Å². The van der Waals surface area contributed by atoms with Gasteiger partial charge in [0, 0.05) is 6.54 Å². The van der Waals surface area contributed by atoms with E-state index in [0.29, 0.717) is 12.4 Å². The molecule has 0 radical (unpaired) electrons. The fourth-order valence-corrected chi connectivity index (χ4v) is 2.70. The van der Waals surface area contributed by atoms with Gasteiger partial charge in [-0.2, -0.15) is 4.37 Å². The summed E-state index contributed by atoms with van der Waals surface area (Å²) < 4.78 is 13.0. The molecular formula is C12H21N3O2S. The molecule has 0 spiro atoms. The molecule has 5 nitrogen and oxygen atoms in total. The van der Waals surface area contributed by atoms with Crippen molar-refractivity contribution in [3.05, 3.63) is 6.20 Å². The summed E-state index contributed by atoms with van der Waals surface area (Å²) in [5.74, 6) is 1.39. The van der Waals surface area contributed by atoms with E-state index in [-0.39, 0.29) is 6.61 Å². The van der Waals surface area contributed by atoms with Crippen LogP contribution in [-0.2, 0) is 0 Å². The second-order valence-electron chi connectivity index (χ2n) is 4.85. The predicted octanol–water partition coefficient (Wildman–Crippen LogP) is 1.45. The summed E-state index contributed by atoms with van der Waals surface area (Å²) in [4.78, 5) is 0. The highest BCUT2D eigenvalue weighted by molar-refractivity contribution is 6.99. The number of ether oxygens (including phenoxy) is 1. The van der Waals surface area contributed by atoms with Crippen molar-refractivity contribution in [3.8, 4) is 5.88 Å². The highest BCUT2D eigenvalue weighted by Crippen LogP contribution is 2.26. The van der Waals surface area contributed by atoms with Crippen LogP contribution in [0.4, 0.5) is 0 Å². The summed E-state index contributed by atoms with van der Waals surface area (Å²) in [6.45, 7) is 1.83. The first-order chi connectivity index (χ1) is 8.84. The Balaban J connectivity index is 1.48. The van der Waals surface area contributed by atoms with Gasteiger partial charge in [-0.25, -0.2) is 0 Å². The number of rotatable bonds is 8. The standard InChI is InChI=1S/C12H21N3O2S/c16-11(9-17-12-8-14-18-15-12)7-13-6-5-10-3-1-2-4-10/h8,10-11,13,16H,1-7,9H2. The third kappa shape index (κ3) is 4.88. The molecule has 0 saturated heterocycles. The first-order valence-electron chi connectivity index (χ1n) is 6.63. The van der Waals surface area contributed by atoms with E-state index in [1.807, 2.05) is 0 Å². The van der Waals surface area contributed by atoms with Crippen LogP contribution >= 0.6 is 11.7 Å². The summed E-state index contributed by atoms with van der Waals surface area (Å²) in [6, 6.07) is 0. The average Bonchev–Trinajstić information content (AvgIpc) is 3.04. The molecule has 18 heavy (non-hydrogen) atoms. The molecule has 1 aromatic heterocycles. The quantitative estimate of drug-likeness (QED) is 0.700. The van der Waals surface area contributed by atoms with Gasteiger partial charge < -0.3 is 15.2 Å². The second kappa shape index (κ2) is 7.66. The summed E-state index contributed by atoms with van der Waals surface area (Å²) in [5, 5.41) is 13.0. The number of aliphatic hydroxyl groups excluding tert-OH is 1. The zero-order valence-electron chi connectivity index (χ0n) is 10.5. The van der Waals surface area contributed by atoms with Gasteiger partial charge in [0.25, 0.3) is 0 Å². The summed E-state index contributed by atoms with van der Waals surface area (Å²) in [5.41, 5.74) is 0. The van der Waals surface area contributed by atoms with Crippen LogP contribution in [0.15, 0.2) is 6.20 Å². The lowest BCUT2D eigenvalue weighted by Gasteiger charge is -2.13. The minimum atomic E-state index is -0.490. The molecule has 2 N–H and O–H groups in total. The van der Waals surface area contributed by atoms with Crippen LogP contribution in [0.2, 0.25) is 0 Å². The Morgan fingerprint density at radius 2 is 2.33 bits per heavy atom. The van der Waals surface area contributed by atoms with E-state index in [4.69, 9.17) is 4.74 Å². The summed E-state index contributed by atoms with van der Waals surface area (Å²) in [7, 11) is 0. The van der Waals surface area contributed by atoms with Crippen LogP contribution in [0.5, 0.6) is 5.88 Å². The van der Waals surface area contributed by atoms with E-state index in [0.717, 1.165) is 24.2 Å². The highest BCUT2D eigenvalue weighted by atomic mass is 32.1. The van der Waals surface area contributed by atoms with Crippen molar-refractivity contribution in [2.24, 2.45) is 5.92 Å². The summed E-state index contributed by atoms with van der Waals surface area (Å²) >= 11 is 1.10. The smallest absolute Gasteiger partial charge is 0.245 e. The van der Waals surface area contributed by atoms with E-state index in [9.17, 15) is 5.11 Å². The molecule has 1 atom stereocenters. The van der Waals surface area contributed by atoms with Crippen molar-refractivity contribution < 1.29 is 9.84 Å². The Bertz CT molecular complexity index is 315. The molecule has 0 aliphatic heterocycles. The van der Waals surface area contributed by atoms with Crippen LogP contribution in [-0.4, -0.2) is 39.7 Å². The van der Waals surface area contributed by atoms with E-state index in [2.05, 4.69) is 14.1 Å². The van der Waals surface area contributed by atoms with E-state index in [1.54, 1.807) is 6.20 Å². The molecule has 1 saturated carbocycles. The lowest BCUT2D eigenvalue weighted by atomic mass is 10.0. The third-order valence-corrected chi connectivity index (χ3v) is 3.81. The van der Waals surface area contributed by atoms with Gasteiger partial charge in [-0.15, -0.1) is 4.37 Å². The number of hydrogen-bond acceptors (Lipinski definition) is 6. The molecule has 1 unspecified atom stereocenters. The normalized spacial score (nSPS) is 18.1. The maximum Gasteiger partial charge on any atom is 0.245 e. The minimum Gasteiger partial charge on any atom is -0.473 e. The molecule has 0 amide bonds. The number of aliphatic hydroxyl groups is 1. The molecule has 1 aliphatic carbocycles. The molecule has 1 heterocycles. The van der Waals surface area contributed by atoms with Gasteiger partial charge >= 0.3 is 0 Å². The van der Waals surface area contributed by atoms with Crippen molar-refractivity contribution in [1.29, 1.82) is 0 Å². The molecule has 0 aromatic carbocycles. The first kappa shape index (κ1) is 13.7. The number of hydrogen-bond donors (Lipinski definition) is 2. The van der Waals surface area contributed by atoms with Crippen LogP contribution in [0.3, 0.4) is 0 Å². The van der Waals surface area contributed by atoms with Gasteiger partial charge in [-0.3, -0.25) is 0 Å². The van der Waals surface area contributed by atoms with E-state index < -0.39 is 6.10 Å². The SMILES string of the molecule is OC(CNCCC1CCCC1)COc1cnsn1. The van der Waals surface area contributed by atoms with Crippen molar-refractivity contribution >= 4 is 11.7 Å². The Labute approximate surface area is 112 Å². The zero-order chi connectivity index (χ0) is 12.6. The first-order valence-corrected chi connectivity index (χ1v) is 7.37. The molecule has 0 bridgehead atoms. The Hall–Kier alpha value is -0.720. The Morgan fingerprint density at radius 3 is 3.06 bits per heavy atom. The van der Waals surface area contributed by atoms with Gasteiger partial charge in [-0.1, -0.05) is 25.7 Å². The average molecular weight is 271 g/mol. The number of aromatic nitrogens is 2. The number of nitrogens with zero attached hydrogens (tertiary/aromatic N) is 2. The monoisotopic (exact) mass is 271 g/mol. The van der Waals surface area contributed by atoms with Gasteiger partial charge in [0.2, 0.25) is 5.88 Å². The molecule has 1 aliphatic rings. The maximum atomic E-state index is 9.71. The van der Waals surface area contributed by atoms with Crippen LogP contribution in [0.25, 0.3) is 0 Å². The van der Waals surface area contributed by atoms with Crippen molar-refractivity contribution in [1.82, 2.24) is 14.1 Å². The highest BCUT2D eigenvalue weighted by Gasteiger charge is 2.14. The zero-order valence-corrected chi connectivity index (χ0v) is 11.4. The van der Waals surface area contributed by atoms with Gasteiger partial charge in [0.05, 0.1) is 11.7 Å². The molecule has 2 rings (SSSR count). The van der Waals surface area contributed by atoms with E-state index >= 15 is 0 Å². The molecular weight excluding hydrogens is 250 g/mol. The lowest BCUT2D eigenvalue weighted by Crippen LogP contribution is -2.32. The molecule has 6 heteroatoms. The largest absolute Gasteiger partial charge is 0.473 e. The van der Waals surface area contributed by atoms with E-state index in [1.165, 1.54) is 32.1 Å². The second-order valence-corrected chi connectivity index (χ2v) is 5.41. The summed E-state index contributed by atoms with van der Waals surface area (Å²) in [6.07, 6.45) is 7.84. The predicted molar refractivity (Wildman–Crippen MR) is 70.9 cm³/mol. The fourth-order valence-electron chi connectivity index (χ4n) is 2.33. The number of nitrogens with one attached hydrogen (secondary N) is 1. The van der Waals surface area contributed by atoms with Crippen LogP contribution in [0, 0.1) is 5.92 Å². The molecule has 1 aromatic rings. The third-order valence-electron chi connectivity index (χ3n) is 3.35. The molecule has 1 fully saturated rings. The maximum absolute atomic E-state index is 9.71. The fraction of sp³-hybridized carbons (Fsp3) is 0.833. The Kier molecular flexibility index (Phi) is 5.83. The van der Waals surface area contributed by atoms with Gasteiger partial charge in [-0.05, 0) is 18.9 Å². The topological polar surface area (TPSA) is 67.3 Å². The lowest BCUT2D eigenvalue weighted by molar-refractivity contribution is 0.104. The molecule has 102 valence electrons. The van der Waals surface area contributed by atoms with Gasteiger partial charge in [0.15, 0.2) is 0 Å². The van der Waals surface area contributed by atoms with Crippen molar-refractivity contribution in [3.63, 3.8) is 0 Å².